The molecule has 1 aromatic heterocycles. The molecule has 0 saturated heterocycles. The van der Waals surface area contributed by atoms with Crippen molar-refractivity contribution in [1.29, 1.82) is 0 Å². The average molecular weight is 283 g/mol. The second-order valence-electron chi connectivity index (χ2n) is 4.14. The summed E-state index contributed by atoms with van der Waals surface area (Å²) >= 11 is 0. The standard InChI is InChI=1S/C10H16F3N3O3/c1-6(2)18-3-7(14)9-15-8(19-16-9)4-17-5-10(11,12)13/h6-7H,3-5,14H2,1-2H3. The summed E-state index contributed by atoms with van der Waals surface area (Å²) in [5, 5.41) is 3.56. The summed E-state index contributed by atoms with van der Waals surface area (Å²) in [5.74, 6) is 0.116. The highest BCUT2D eigenvalue weighted by atomic mass is 19.4. The van der Waals surface area contributed by atoms with Crippen LogP contribution in [0.4, 0.5) is 13.2 Å². The molecule has 2 N–H and O–H groups in total. The minimum atomic E-state index is -4.38. The molecule has 0 aliphatic heterocycles. The Kier molecular flexibility index (Phi) is 5.70. The van der Waals surface area contributed by atoms with Crippen molar-refractivity contribution >= 4 is 0 Å². The number of halogens is 3. The number of aromatic nitrogens is 2. The summed E-state index contributed by atoms with van der Waals surface area (Å²) in [6.45, 7) is 2.11. The van der Waals surface area contributed by atoms with Crippen LogP contribution in [0.1, 0.15) is 31.6 Å². The number of ether oxygens (including phenoxy) is 2. The molecule has 0 saturated carbocycles. The van der Waals surface area contributed by atoms with Gasteiger partial charge in [-0.3, -0.25) is 0 Å². The van der Waals surface area contributed by atoms with E-state index in [1.54, 1.807) is 0 Å². The number of alkyl halides is 3. The van der Waals surface area contributed by atoms with Crippen molar-refractivity contribution in [3.05, 3.63) is 11.7 Å². The average Bonchev–Trinajstić information content (AvgIpc) is 2.72. The molecular weight excluding hydrogens is 267 g/mol. The zero-order valence-electron chi connectivity index (χ0n) is 10.6. The first-order chi connectivity index (χ1) is 8.78. The van der Waals surface area contributed by atoms with Crippen LogP contribution in [0.25, 0.3) is 0 Å². The van der Waals surface area contributed by atoms with E-state index >= 15 is 0 Å². The molecule has 1 heterocycles. The van der Waals surface area contributed by atoms with Gasteiger partial charge in [0.1, 0.15) is 13.2 Å². The SMILES string of the molecule is CC(C)OCC(N)c1noc(COCC(F)(F)F)n1. The summed E-state index contributed by atoms with van der Waals surface area (Å²) in [6.07, 6.45) is -4.38. The first kappa shape index (κ1) is 15.9. The molecule has 1 atom stereocenters. The lowest BCUT2D eigenvalue weighted by molar-refractivity contribution is -0.178. The second kappa shape index (κ2) is 6.83. The summed E-state index contributed by atoms with van der Waals surface area (Å²) in [4.78, 5) is 3.83. The van der Waals surface area contributed by atoms with Crippen molar-refractivity contribution in [3.63, 3.8) is 0 Å². The maximum absolute atomic E-state index is 11.8. The van der Waals surface area contributed by atoms with E-state index in [1.807, 2.05) is 13.8 Å². The Morgan fingerprint density at radius 3 is 2.63 bits per heavy atom. The smallest absolute Gasteiger partial charge is 0.377 e. The molecule has 110 valence electrons. The van der Waals surface area contributed by atoms with Gasteiger partial charge < -0.3 is 19.7 Å². The van der Waals surface area contributed by atoms with Crippen LogP contribution in [0.15, 0.2) is 4.52 Å². The predicted octanol–water partition coefficient (Wildman–Crippen LogP) is 1.57. The van der Waals surface area contributed by atoms with Crippen LogP contribution in [0.5, 0.6) is 0 Å². The summed E-state index contributed by atoms with van der Waals surface area (Å²) < 4.78 is 49.9. The molecule has 9 heteroatoms. The van der Waals surface area contributed by atoms with E-state index in [4.69, 9.17) is 15.0 Å². The van der Waals surface area contributed by atoms with Crippen LogP contribution in [0.3, 0.4) is 0 Å². The highest BCUT2D eigenvalue weighted by Crippen LogP contribution is 2.15. The molecule has 1 unspecified atom stereocenters. The zero-order chi connectivity index (χ0) is 14.5. The number of nitrogens with zero attached hydrogens (tertiary/aromatic N) is 2. The molecule has 0 aliphatic rings. The third-order valence-corrected chi connectivity index (χ3v) is 1.92. The number of rotatable bonds is 7. The van der Waals surface area contributed by atoms with Gasteiger partial charge in [-0.25, -0.2) is 0 Å². The van der Waals surface area contributed by atoms with Gasteiger partial charge in [0.05, 0.1) is 18.8 Å². The van der Waals surface area contributed by atoms with E-state index in [0.717, 1.165) is 0 Å². The van der Waals surface area contributed by atoms with Crippen molar-refractivity contribution in [2.45, 2.75) is 38.8 Å². The Bertz CT molecular complexity index is 382. The van der Waals surface area contributed by atoms with Crippen molar-refractivity contribution in [2.24, 2.45) is 5.73 Å². The number of nitrogens with two attached hydrogens (primary N) is 1. The van der Waals surface area contributed by atoms with Crippen molar-refractivity contribution in [1.82, 2.24) is 10.1 Å². The molecule has 19 heavy (non-hydrogen) atoms. The van der Waals surface area contributed by atoms with Gasteiger partial charge in [-0.05, 0) is 13.8 Å². The van der Waals surface area contributed by atoms with Crippen LogP contribution in [-0.4, -0.2) is 35.6 Å². The van der Waals surface area contributed by atoms with E-state index in [-0.39, 0.29) is 24.4 Å². The van der Waals surface area contributed by atoms with Gasteiger partial charge in [0.25, 0.3) is 5.89 Å². The Morgan fingerprint density at radius 2 is 2.05 bits per heavy atom. The minimum Gasteiger partial charge on any atom is -0.377 e. The van der Waals surface area contributed by atoms with Gasteiger partial charge >= 0.3 is 6.18 Å². The molecule has 0 spiro atoms. The van der Waals surface area contributed by atoms with Crippen molar-refractivity contribution in [2.75, 3.05) is 13.2 Å². The molecule has 1 aromatic rings. The van der Waals surface area contributed by atoms with Gasteiger partial charge in [0.15, 0.2) is 5.82 Å². The van der Waals surface area contributed by atoms with Gasteiger partial charge in [0, 0.05) is 0 Å². The van der Waals surface area contributed by atoms with Crippen LogP contribution in [0.2, 0.25) is 0 Å². The lowest BCUT2D eigenvalue weighted by atomic mass is 10.3. The van der Waals surface area contributed by atoms with E-state index in [1.165, 1.54) is 0 Å². The lowest BCUT2D eigenvalue weighted by Crippen LogP contribution is -2.21. The molecular formula is C10H16F3N3O3. The van der Waals surface area contributed by atoms with Crippen LogP contribution >= 0.6 is 0 Å². The fraction of sp³-hybridized carbons (Fsp3) is 0.800. The van der Waals surface area contributed by atoms with Gasteiger partial charge in [-0.1, -0.05) is 5.16 Å². The first-order valence-electron chi connectivity index (χ1n) is 5.62. The van der Waals surface area contributed by atoms with Crippen molar-refractivity contribution in [3.8, 4) is 0 Å². The Hall–Kier alpha value is -1.19. The monoisotopic (exact) mass is 283 g/mol. The third kappa shape index (κ3) is 6.50. The summed E-state index contributed by atoms with van der Waals surface area (Å²) in [6, 6.07) is -0.595. The summed E-state index contributed by atoms with van der Waals surface area (Å²) in [7, 11) is 0. The van der Waals surface area contributed by atoms with Crippen LogP contribution in [0, 0.1) is 0 Å². The molecule has 0 bridgehead atoms. The third-order valence-electron chi connectivity index (χ3n) is 1.92. The summed E-state index contributed by atoms with van der Waals surface area (Å²) in [5.41, 5.74) is 5.72. The van der Waals surface area contributed by atoms with Gasteiger partial charge in [-0.2, -0.15) is 18.2 Å². The molecule has 0 amide bonds. The Balaban J connectivity index is 2.39. The Morgan fingerprint density at radius 1 is 1.37 bits per heavy atom. The molecule has 0 radical (unpaired) electrons. The van der Waals surface area contributed by atoms with Crippen molar-refractivity contribution < 1.29 is 27.2 Å². The highest BCUT2D eigenvalue weighted by Gasteiger charge is 2.27. The minimum absolute atomic E-state index is 0.00698. The van der Waals surface area contributed by atoms with Crippen LogP contribution in [-0.2, 0) is 16.1 Å². The fourth-order valence-electron chi connectivity index (χ4n) is 1.10. The molecule has 0 aliphatic carbocycles. The first-order valence-corrected chi connectivity index (χ1v) is 5.62. The predicted molar refractivity (Wildman–Crippen MR) is 58.0 cm³/mol. The normalized spacial score (nSPS) is 14.1. The van der Waals surface area contributed by atoms with E-state index in [2.05, 4.69) is 14.9 Å². The molecule has 0 fully saturated rings. The van der Waals surface area contributed by atoms with Gasteiger partial charge in [0.2, 0.25) is 0 Å². The van der Waals surface area contributed by atoms with Gasteiger partial charge in [-0.15, -0.1) is 0 Å². The molecule has 6 nitrogen and oxygen atoms in total. The van der Waals surface area contributed by atoms with E-state index in [0.29, 0.717) is 0 Å². The highest BCUT2D eigenvalue weighted by molar-refractivity contribution is 4.92. The zero-order valence-corrected chi connectivity index (χ0v) is 10.6. The largest absolute Gasteiger partial charge is 0.411 e. The topological polar surface area (TPSA) is 83.4 Å². The second-order valence-corrected chi connectivity index (χ2v) is 4.14. The maximum atomic E-state index is 11.8. The fourth-order valence-corrected chi connectivity index (χ4v) is 1.10. The van der Waals surface area contributed by atoms with Crippen LogP contribution < -0.4 is 5.73 Å². The van der Waals surface area contributed by atoms with E-state index < -0.39 is 25.4 Å². The quantitative estimate of drug-likeness (QED) is 0.817. The maximum Gasteiger partial charge on any atom is 0.411 e. The number of hydrogen-bond donors (Lipinski definition) is 1. The molecule has 1 rings (SSSR count). The molecule has 0 aromatic carbocycles. The Labute approximate surface area is 108 Å². The number of hydrogen-bond acceptors (Lipinski definition) is 6. The lowest BCUT2D eigenvalue weighted by Gasteiger charge is -2.10. The van der Waals surface area contributed by atoms with E-state index in [9.17, 15) is 13.2 Å².